The number of H-pyrrole nitrogens is 1. The number of nitrogens with one attached hydrogen (secondary N) is 1. The molecule has 160 valence electrons. The third-order valence-corrected chi connectivity index (χ3v) is 5.87. The number of para-hydroxylation sites is 2. The lowest BCUT2D eigenvalue weighted by Gasteiger charge is -2.03. The van der Waals surface area contributed by atoms with E-state index in [9.17, 15) is 4.79 Å². The quantitative estimate of drug-likeness (QED) is 0.377. The van der Waals surface area contributed by atoms with Crippen LogP contribution < -0.4 is 5.63 Å². The van der Waals surface area contributed by atoms with Crippen molar-refractivity contribution >= 4 is 21.9 Å². The van der Waals surface area contributed by atoms with Gasteiger partial charge >= 0.3 is 5.63 Å². The smallest absolute Gasteiger partial charge is 0.336 e. The molecule has 0 aliphatic rings. The Hall–Kier alpha value is -4.45. The minimum Gasteiger partial charge on any atom is -0.420 e. The van der Waals surface area contributed by atoms with Gasteiger partial charge < -0.3 is 9.40 Å². The van der Waals surface area contributed by atoms with Crippen molar-refractivity contribution in [2.24, 2.45) is 0 Å². The van der Waals surface area contributed by atoms with E-state index >= 15 is 0 Å². The van der Waals surface area contributed by atoms with Crippen LogP contribution >= 0.6 is 0 Å². The third-order valence-electron chi connectivity index (χ3n) is 5.87. The molecule has 0 aliphatic carbocycles. The van der Waals surface area contributed by atoms with Crippen molar-refractivity contribution in [1.82, 2.24) is 20.0 Å². The zero-order valence-electron chi connectivity index (χ0n) is 17.9. The van der Waals surface area contributed by atoms with Gasteiger partial charge in [0.2, 0.25) is 0 Å². The molecule has 0 atom stereocenters. The molecule has 0 fully saturated rings. The molecule has 0 bridgehead atoms. The first-order valence-electron chi connectivity index (χ1n) is 10.8. The summed E-state index contributed by atoms with van der Waals surface area (Å²) in [6.07, 6.45) is 2.69. The number of aromatic nitrogens is 4. The highest BCUT2D eigenvalue weighted by molar-refractivity contribution is 5.94. The minimum atomic E-state index is -0.396. The second-order valence-corrected chi connectivity index (χ2v) is 8.23. The Morgan fingerprint density at radius 1 is 0.939 bits per heavy atom. The summed E-state index contributed by atoms with van der Waals surface area (Å²) in [5, 5.41) is 10.7. The highest BCUT2D eigenvalue weighted by Crippen LogP contribution is 2.29. The van der Waals surface area contributed by atoms with Crippen LogP contribution in [-0.2, 0) is 6.42 Å². The second-order valence-electron chi connectivity index (χ2n) is 8.23. The highest BCUT2D eigenvalue weighted by Gasteiger charge is 2.14. The van der Waals surface area contributed by atoms with Crippen LogP contribution in [-0.4, -0.2) is 20.0 Å². The van der Waals surface area contributed by atoms with Crippen molar-refractivity contribution in [3.05, 3.63) is 112 Å². The molecule has 6 nitrogen and oxygen atoms in total. The van der Waals surface area contributed by atoms with Crippen LogP contribution in [0.5, 0.6) is 0 Å². The van der Waals surface area contributed by atoms with Crippen LogP contribution in [0.15, 0.2) is 94.3 Å². The molecule has 0 spiro atoms. The predicted octanol–water partition coefficient (Wildman–Crippen LogP) is 5.42. The van der Waals surface area contributed by atoms with Crippen molar-refractivity contribution in [1.29, 1.82) is 0 Å². The molecule has 0 radical (unpaired) electrons. The maximum absolute atomic E-state index is 11.8. The molecule has 33 heavy (non-hydrogen) atoms. The fourth-order valence-electron chi connectivity index (χ4n) is 4.21. The van der Waals surface area contributed by atoms with Gasteiger partial charge in [0.25, 0.3) is 0 Å². The summed E-state index contributed by atoms with van der Waals surface area (Å²) < 4.78 is 7.10. The normalized spacial score (nSPS) is 11.4. The van der Waals surface area contributed by atoms with E-state index in [0.29, 0.717) is 11.3 Å². The monoisotopic (exact) mass is 432 g/mol. The zero-order valence-corrected chi connectivity index (χ0v) is 17.9. The first-order valence-corrected chi connectivity index (χ1v) is 10.8. The van der Waals surface area contributed by atoms with Gasteiger partial charge in [0.05, 0.1) is 11.7 Å². The van der Waals surface area contributed by atoms with E-state index in [1.807, 2.05) is 36.5 Å². The molecule has 1 N–H and O–H groups in total. The number of aryl methyl sites for hydroxylation is 1. The van der Waals surface area contributed by atoms with Crippen LogP contribution in [0.2, 0.25) is 0 Å². The fraction of sp³-hybridized carbons (Fsp3) is 0.0741. The average molecular weight is 432 g/mol. The number of rotatable bonds is 4. The Morgan fingerprint density at radius 3 is 2.64 bits per heavy atom. The number of hydrogen-bond acceptors (Lipinski definition) is 4. The van der Waals surface area contributed by atoms with Gasteiger partial charge in [0.1, 0.15) is 11.4 Å². The van der Waals surface area contributed by atoms with E-state index in [1.165, 1.54) is 17.2 Å². The average Bonchev–Trinajstić information content (AvgIpc) is 3.47. The van der Waals surface area contributed by atoms with Crippen LogP contribution in [0.4, 0.5) is 0 Å². The molecule has 6 rings (SSSR count). The molecule has 3 aromatic carbocycles. The Balaban J connectivity index is 1.40. The molecule has 0 saturated carbocycles. The largest absolute Gasteiger partial charge is 0.420 e. The van der Waals surface area contributed by atoms with Crippen LogP contribution in [0.1, 0.15) is 16.8 Å². The highest BCUT2D eigenvalue weighted by atomic mass is 16.4. The minimum absolute atomic E-state index is 0.396. The summed E-state index contributed by atoms with van der Waals surface area (Å²) in [4.78, 5) is 15.3. The number of hydrogen-bond donors (Lipinski definition) is 1. The van der Waals surface area contributed by atoms with E-state index in [4.69, 9.17) is 4.42 Å². The lowest BCUT2D eigenvalue weighted by Crippen LogP contribution is -2.00. The molecule has 0 amide bonds. The summed E-state index contributed by atoms with van der Waals surface area (Å²) >= 11 is 0. The first-order chi connectivity index (χ1) is 16.1. The molecule has 0 aliphatic heterocycles. The summed E-state index contributed by atoms with van der Waals surface area (Å²) in [6, 6.07) is 25.8. The van der Waals surface area contributed by atoms with Gasteiger partial charge in [-0.2, -0.15) is 0 Å². The van der Waals surface area contributed by atoms with Gasteiger partial charge in [-0.25, -0.2) is 9.48 Å². The third kappa shape index (κ3) is 3.51. The molecule has 0 unspecified atom stereocenters. The SMILES string of the molecule is Cc1ccc(Cc2cc3cccc(-c4cn(-c5cccc6ccc(=O)oc56)nn4)c3[nH]2)cc1. The van der Waals surface area contributed by atoms with Gasteiger partial charge in [0, 0.05) is 34.5 Å². The van der Waals surface area contributed by atoms with E-state index in [0.717, 1.165) is 39.7 Å². The molecule has 3 heterocycles. The number of aromatic amines is 1. The van der Waals surface area contributed by atoms with E-state index in [1.54, 1.807) is 10.7 Å². The standard InChI is InChI=1S/C27H20N4O2/c1-17-8-10-18(11-9-17)14-21-15-20-5-2-6-22(26(20)28-21)23-16-31(30-29-23)24-7-3-4-19-12-13-25(32)33-27(19)24/h2-13,15-16,28H,14H2,1H3. The Kier molecular flexibility index (Phi) is 4.43. The molecule has 0 saturated heterocycles. The number of fused-ring (bicyclic) bond motifs is 2. The van der Waals surface area contributed by atoms with Gasteiger partial charge in [0.15, 0.2) is 5.58 Å². The molecule has 6 heteroatoms. The lowest BCUT2D eigenvalue weighted by atomic mass is 10.1. The molecular weight excluding hydrogens is 412 g/mol. The summed E-state index contributed by atoms with van der Waals surface area (Å²) in [5.74, 6) is 0. The first kappa shape index (κ1) is 19.3. The topological polar surface area (TPSA) is 76.7 Å². The lowest BCUT2D eigenvalue weighted by molar-refractivity contribution is 0.557. The Bertz CT molecular complexity index is 1670. The summed E-state index contributed by atoms with van der Waals surface area (Å²) in [5.41, 5.74) is 7.15. The predicted molar refractivity (Wildman–Crippen MR) is 129 cm³/mol. The fourth-order valence-corrected chi connectivity index (χ4v) is 4.21. The maximum atomic E-state index is 11.8. The van der Waals surface area contributed by atoms with Gasteiger partial charge in [-0.3, -0.25) is 0 Å². The Labute approximate surface area is 189 Å². The van der Waals surface area contributed by atoms with Crippen molar-refractivity contribution in [2.45, 2.75) is 13.3 Å². The van der Waals surface area contributed by atoms with Crippen LogP contribution in [0, 0.1) is 6.92 Å². The van der Waals surface area contributed by atoms with Crippen molar-refractivity contribution < 1.29 is 4.42 Å². The second kappa shape index (κ2) is 7.60. The number of nitrogens with zero attached hydrogens (tertiary/aromatic N) is 3. The zero-order chi connectivity index (χ0) is 22.4. The van der Waals surface area contributed by atoms with Gasteiger partial charge in [-0.1, -0.05) is 65.4 Å². The van der Waals surface area contributed by atoms with E-state index < -0.39 is 5.63 Å². The van der Waals surface area contributed by atoms with Crippen LogP contribution in [0.3, 0.4) is 0 Å². The van der Waals surface area contributed by atoms with E-state index in [2.05, 4.69) is 58.6 Å². The van der Waals surface area contributed by atoms with Gasteiger partial charge in [-0.05, 0) is 30.7 Å². The maximum Gasteiger partial charge on any atom is 0.336 e. The molecule has 3 aromatic heterocycles. The van der Waals surface area contributed by atoms with Crippen LogP contribution in [0.25, 0.3) is 38.8 Å². The van der Waals surface area contributed by atoms with Gasteiger partial charge in [-0.15, -0.1) is 5.10 Å². The van der Waals surface area contributed by atoms with E-state index in [-0.39, 0.29) is 0 Å². The molecular formula is C27H20N4O2. The van der Waals surface area contributed by atoms with Crippen molar-refractivity contribution in [2.75, 3.05) is 0 Å². The Morgan fingerprint density at radius 2 is 1.76 bits per heavy atom. The number of benzene rings is 3. The molecule has 6 aromatic rings. The van der Waals surface area contributed by atoms with Crippen molar-refractivity contribution in [3.63, 3.8) is 0 Å². The summed E-state index contributed by atoms with van der Waals surface area (Å²) in [7, 11) is 0. The van der Waals surface area contributed by atoms with Crippen molar-refractivity contribution in [3.8, 4) is 16.9 Å². The summed E-state index contributed by atoms with van der Waals surface area (Å²) in [6.45, 7) is 2.10.